The van der Waals surface area contributed by atoms with Gasteiger partial charge in [-0.25, -0.2) is 21.9 Å². The maximum Gasteiger partial charge on any atom is 0.216 e. The largest absolute Gasteiger partial charge is 0.260 e. The zero-order valence-corrected chi connectivity index (χ0v) is 17.1. The third-order valence-corrected chi connectivity index (χ3v) is 6.43. The number of halogens is 2. The fourth-order valence-electron chi connectivity index (χ4n) is 3.81. The Bertz CT molecular complexity index is 1110. The van der Waals surface area contributed by atoms with E-state index in [1.165, 1.54) is 0 Å². The Hall–Kier alpha value is -2.65. The Kier molecular flexibility index (Phi) is 5.92. The van der Waals surface area contributed by atoms with E-state index in [1.54, 1.807) is 6.20 Å². The van der Waals surface area contributed by atoms with Gasteiger partial charge in [0, 0.05) is 12.3 Å². The van der Waals surface area contributed by atoms with E-state index >= 15 is 0 Å². The third kappa shape index (κ3) is 4.91. The molecular formula is C21H22F2N4O2S. The lowest BCUT2D eigenvalue weighted by Crippen LogP contribution is -2.25. The predicted molar refractivity (Wildman–Crippen MR) is 109 cm³/mol. The number of aromatic nitrogens is 3. The highest BCUT2D eigenvalue weighted by Gasteiger charge is 2.23. The summed E-state index contributed by atoms with van der Waals surface area (Å²) in [5, 5.41) is 4.64. The number of hydrogen-bond donors (Lipinski definition) is 1. The predicted octanol–water partition coefficient (Wildman–Crippen LogP) is 3.96. The molecule has 0 amide bonds. The molecule has 2 heterocycles. The van der Waals surface area contributed by atoms with Gasteiger partial charge < -0.3 is 0 Å². The molecule has 0 spiro atoms. The van der Waals surface area contributed by atoms with E-state index in [-0.39, 0.29) is 18.2 Å². The summed E-state index contributed by atoms with van der Waals surface area (Å²) in [6.07, 6.45) is 6.04. The second kappa shape index (κ2) is 8.61. The first kappa shape index (κ1) is 20.6. The van der Waals surface area contributed by atoms with Crippen LogP contribution in [-0.2, 0) is 22.3 Å². The number of pyridine rings is 1. The molecule has 0 bridgehead atoms. The molecule has 1 aromatic carbocycles. The minimum absolute atomic E-state index is 0.0142. The van der Waals surface area contributed by atoms with Crippen molar-refractivity contribution in [3.05, 3.63) is 71.6 Å². The molecule has 0 aliphatic heterocycles. The Morgan fingerprint density at radius 2 is 1.80 bits per heavy atom. The van der Waals surface area contributed by atoms with E-state index in [0.29, 0.717) is 11.8 Å². The maximum absolute atomic E-state index is 13.3. The summed E-state index contributed by atoms with van der Waals surface area (Å²) < 4.78 is 55.9. The summed E-state index contributed by atoms with van der Waals surface area (Å²) >= 11 is 0. The van der Waals surface area contributed by atoms with Crippen molar-refractivity contribution in [2.45, 2.75) is 44.0 Å². The van der Waals surface area contributed by atoms with Gasteiger partial charge in [-0.05, 0) is 48.7 Å². The number of nitrogens with one attached hydrogen (secondary N) is 1. The van der Waals surface area contributed by atoms with Gasteiger partial charge in [-0.3, -0.25) is 9.67 Å². The molecule has 9 heteroatoms. The van der Waals surface area contributed by atoms with E-state index in [0.717, 1.165) is 49.2 Å². The fraction of sp³-hybridized carbons (Fsp3) is 0.333. The second-order valence-corrected chi connectivity index (χ2v) is 9.28. The molecule has 1 aliphatic rings. The third-order valence-electron chi connectivity index (χ3n) is 5.14. The normalized spacial score (nSPS) is 15.0. The van der Waals surface area contributed by atoms with Crippen molar-refractivity contribution in [1.29, 1.82) is 0 Å². The molecule has 1 N–H and O–H groups in total. The number of nitrogens with zero attached hydrogens (tertiary/aromatic N) is 3. The molecule has 2 aromatic heterocycles. The van der Waals surface area contributed by atoms with Crippen LogP contribution in [0.25, 0.3) is 11.4 Å². The average Bonchev–Trinajstić information content (AvgIpc) is 3.36. The fourth-order valence-corrected chi connectivity index (χ4v) is 4.89. The van der Waals surface area contributed by atoms with Crippen molar-refractivity contribution in [1.82, 2.24) is 19.5 Å². The van der Waals surface area contributed by atoms with Crippen molar-refractivity contribution in [3.63, 3.8) is 0 Å². The van der Waals surface area contributed by atoms with E-state index in [4.69, 9.17) is 0 Å². The van der Waals surface area contributed by atoms with Crippen LogP contribution in [0, 0.1) is 11.6 Å². The zero-order chi connectivity index (χ0) is 21.1. The summed E-state index contributed by atoms with van der Waals surface area (Å²) in [7, 11) is -3.80. The first-order valence-electron chi connectivity index (χ1n) is 9.82. The van der Waals surface area contributed by atoms with Crippen LogP contribution >= 0.6 is 0 Å². The lowest BCUT2D eigenvalue weighted by Gasteiger charge is -2.13. The molecule has 6 nitrogen and oxygen atoms in total. The van der Waals surface area contributed by atoms with Crippen LogP contribution in [0.5, 0.6) is 0 Å². The van der Waals surface area contributed by atoms with Crippen molar-refractivity contribution < 1.29 is 17.2 Å². The van der Waals surface area contributed by atoms with Gasteiger partial charge >= 0.3 is 0 Å². The molecule has 1 aliphatic carbocycles. The van der Waals surface area contributed by atoms with Crippen LogP contribution in [0.1, 0.15) is 43.0 Å². The first-order valence-corrected chi connectivity index (χ1v) is 11.5. The van der Waals surface area contributed by atoms with E-state index in [1.807, 2.05) is 28.9 Å². The average molecular weight is 432 g/mol. The Balaban J connectivity index is 1.53. The summed E-state index contributed by atoms with van der Waals surface area (Å²) in [5.41, 5.74) is 2.24. The number of hydrogen-bond acceptors (Lipinski definition) is 4. The molecule has 158 valence electrons. The Labute approximate surface area is 174 Å². The van der Waals surface area contributed by atoms with Crippen molar-refractivity contribution in [2.75, 3.05) is 0 Å². The molecule has 4 rings (SSSR count). The van der Waals surface area contributed by atoms with Gasteiger partial charge in [-0.1, -0.05) is 18.9 Å². The number of benzene rings is 1. The molecule has 3 aromatic rings. The number of rotatable bonds is 7. The van der Waals surface area contributed by atoms with Gasteiger partial charge in [-0.2, -0.15) is 5.10 Å². The second-order valence-electron chi connectivity index (χ2n) is 7.48. The van der Waals surface area contributed by atoms with Gasteiger partial charge in [-0.15, -0.1) is 0 Å². The van der Waals surface area contributed by atoms with Crippen LogP contribution in [0.3, 0.4) is 0 Å². The molecule has 30 heavy (non-hydrogen) atoms. The standard InChI is InChI=1S/C21H22F2N4O2S/c22-16-9-15(10-17(23)11-16)14-30(28,29)25-13-18-12-21(20-7-3-4-8-24-20)27(26-18)19-5-1-2-6-19/h3-4,7-12,19,25H,1-2,5-6,13-14H2. The maximum atomic E-state index is 13.3. The highest BCUT2D eigenvalue weighted by atomic mass is 32.2. The summed E-state index contributed by atoms with van der Waals surface area (Å²) in [6, 6.07) is 10.5. The van der Waals surface area contributed by atoms with E-state index < -0.39 is 27.4 Å². The summed E-state index contributed by atoms with van der Waals surface area (Å²) in [6.45, 7) is -0.0142. The topological polar surface area (TPSA) is 76.9 Å². The van der Waals surface area contributed by atoms with Gasteiger partial charge in [0.25, 0.3) is 0 Å². The van der Waals surface area contributed by atoms with Crippen molar-refractivity contribution >= 4 is 10.0 Å². The number of sulfonamides is 1. The quantitative estimate of drug-likeness (QED) is 0.613. The molecular weight excluding hydrogens is 410 g/mol. The van der Waals surface area contributed by atoms with Crippen molar-refractivity contribution in [3.8, 4) is 11.4 Å². The lowest BCUT2D eigenvalue weighted by molar-refractivity contribution is 0.466. The highest BCUT2D eigenvalue weighted by Crippen LogP contribution is 2.33. The van der Waals surface area contributed by atoms with Gasteiger partial charge in [0.05, 0.1) is 35.4 Å². The Morgan fingerprint density at radius 1 is 1.07 bits per heavy atom. The Morgan fingerprint density at radius 3 is 2.47 bits per heavy atom. The molecule has 0 saturated heterocycles. The molecule has 0 atom stereocenters. The molecule has 1 fully saturated rings. The smallest absolute Gasteiger partial charge is 0.216 e. The van der Waals surface area contributed by atoms with Gasteiger partial charge in [0.15, 0.2) is 0 Å². The first-order chi connectivity index (χ1) is 14.4. The lowest BCUT2D eigenvalue weighted by atomic mass is 10.2. The van der Waals surface area contributed by atoms with E-state index in [9.17, 15) is 17.2 Å². The summed E-state index contributed by atoms with van der Waals surface area (Å²) in [4.78, 5) is 4.41. The summed E-state index contributed by atoms with van der Waals surface area (Å²) in [5.74, 6) is -2.14. The van der Waals surface area contributed by atoms with Crippen LogP contribution in [0.2, 0.25) is 0 Å². The van der Waals surface area contributed by atoms with Crippen LogP contribution in [0.4, 0.5) is 8.78 Å². The van der Waals surface area contributed by atoms with Crippen LogP contribution < -0.4 is 4.72 Å². The molecule has 0 radical (unpaired) electrons. The minimum Gasteiger partial charge on any atom is -0.260 e. The van der Waals surface area contributed by atoms with Crippen LogP contribution in [-0.4, -0.2) is 23.2 Å². The van der Waals surface area contributed by atoms with Gasteiger partial charge in [0.2, 0.25) is 10.0 Å². The van der Waals surface area contributed by atoms with Gasteiger partial charge in [0.1, 0.15) is 11.6 Å². The molecule has 0 unspecified atom stereocenters. The SMILES string of the molecule is O=S(=O)(Cc1cc(F)cc(F)c1)NCc1cc(-c2ccccn2)n(C2CCCC2)n1. The van der Waals surface area contributed by atoms with Crippen LogP contribution in [0.15, 0.2) is 48.7 Å². The molecule has 1 saturated carbocycles. The minimum atomic E-state index is -3.80. The van der Waals surface area contributed by atoms with E-state index in [2.05, 4.69) is 14.8 Å². The van der Waals surface area contributed by atoms with Crippen molar-refractivity contribution in [2.24, 2.45) is 0 Å². The zero-order valence-electron chi connectivity index (χ0n) is 16.3. The highest BCUT2D eigenvalue weighted by molar-refractivity contribution is 7.88. The monoisotopic (exact) mass is 432 g/mol.